The number of rotatable bonds is 7. The molecule has 1 fully saturated rings. The van der Waals surface area contributed by atoms with E-state index in [2.05, 4.69) is 10.6 Å². The van der Waals surface area contributed by atoms with E-state index in [4.69, 9.17) is 9.47 Å². The van der Waals surface area contributed by atoms with Crippen LogP contribution in [0.4, 0.5) is 5.69 Å². The van der Waals surface area contributed by atoms with Crippen molar-refractivity contribution in [2.24, 2.45) is 0 Å². The molecule has 1 aliphatic rings. The van der Waals surface area contributed by atoms with Crippen molar-refractivity contribution in [1.82, 2.24) is 10.2 Å². The van der Waals surface area contributed by atoms with E-state index in [0.29, 0.717) is 18.8 Å². The van der Waals surface area contributed by atoms with Crippen LogP contribution in [-0.2, 0) is 23.9 Å². The average Bonchev–Trinajstić information content (AvgIpc) is 2.62. The van der Waals surface area contributed by atoms with Gasteiger partial charge in [-0.3, -0.25) is 19.3 Å². The molecule has 2 rings (SSSR count). The van der Waals surface area contributed by atoms with Gasteiger partial charge >= 0.3 is 5.97 Å². The van der Waals surface area contributed by atoms with Crippen LogP contribution >= 0.6 is 0 Å². The summed E-state index contributed by atoms with van der Waals surface area (Å²) < 4.78 is 10.1. The van der Waals surface area contributed by atoms with E-state index >= 15 is 0 Å². The van der Waals surface area contributed by atoms with Gasteiger partial charge in [-0.05, 0) is 26.0 Å². The summed E-state index contributed by atoms with van der Waals surface area (Å²) in [5.74, 6) is -1.07. The van der Waals surface area contributed by atoms with Gasteiger partial charge < -0.3 is 20.1 Å². The number of nitrogens with zero attached hydrogens (tertiary/aromatic N) is 1. The van der Waals surface area contributed by atoms with Crippen LogP contribution in [0.5, 0.6) is 0 Å². The molecule has 1 aliphatic heterocycles. The number of anilines is 1. The van der Waals surface area contributed by atoms with Gasteiger partial charge in [-0.25, -0.2) is 0 Å². The van der Waals surface area contributed by atoms with E-state index in [1.165, 1.54) is 0 Å². The first-order chi connectivity index (χ1) is 12.5. The number of aryl methyl sites for hydroxylation is 1. The minimum absolute atomic E-state index is 0.0642. The lowest BCUT2D eigenvalue weighted by molar-refractivity contribution is -0.145. The van der Waals surface area contributed by atoms with Gasteiger partial charge in [-0.15, -0.1) is 0 Å². The largest absolute Gasteiger partial charge is 0.465 e. The first-order valence-electron chi connectivity index (χ1n) is 8.61. The fourth-order valence-electron chi connectivity index (χ4n) is 2.58. The van der Waals surface area contributed by atoms with E-state index in [1.807, 2.05) is 31.2 Å². The van der Waals surface area contributed by atoms with Crippen LogP contribution < -0.4 is 10.6 Å². The van der Waals surface area contributed by atoms with Gasteiger partial charge in [0.1, 0.15) is 12.6 Å². The topological polar surface area (TPSA) is 97.0 Å². The molecule has 0 spiro atoms. The number of carbonyl (C=O) groups excluding carboxylic acids is 3. The third-order valence-electron chi connectivity index (χ3n) is 3.94. The second-order valence-electron chi connectivity index (χ2n) is 6.00. The molecule has 2 N–H and O–H groups in total. The summed E-state index contributed by atoms with van der Waals surface area (Å²) in [6, 6.07) is 6.86. The molecular formula is C18H25N3O5. The number of carbonyl (C=O) groups is 3. The van der Waals surface area contributed by atoms with Crippen molar-refractivity contribution < 1.29 is 23.9 Å². The molecule has 1 aromatic rings. The van der Waals surface area contributed by atoms with Crippen molar-refractivity contribution in [3.63, 3.8) is 0 Å². The van der Waals surface area contributed by atoms with E-state index in [-0.39, 0.29) is 38.1 Å². The Morgan fingerprint density at radius 1 is 1.27 bits per heavy atom. The van der Waals surface area contributed by atoms with Gasteiger partial charge in [0.2, 0.25) is 11.8 Å². The van der Waals surface area contributed by atoms with Crippen LogP contribution in [0.2, 0.25) is 0 Å². The third kappa shape index (κ3) is 6.12. The number of nitrogens with one attached hydrogen (secondary N) is 2. The van der Waals surface area contributed by atoms with Crippen LogP contribution in [0.1, 0.15) is 12.5 Å². The van der Waals surface area contributed by atoms with Crippen molar-refractivity contribution in [3.8, 4) is 0 Å². The molecule has 0 unspecified atom stereocenters. The average molecular weight is 363 g/mol. The maximum absolute atomic E-state index is 12.3. The fraction of sp³-hybridized carbons (Fsp3) is 0.500. The van der Waals surface area contributed by atoms with Gasteiger partial charge in [-0.2, -0.15) is 0 Å². The predicted molar refractivity (Wildman–Crippen MR) is 95.6 cm³/mol. The van der Waals surface area contributed by atoms with Crippen molar-refractivity contribution >= 4 is 23.5 Å². The smallest absolute Gasteiger partial charge is 0.325 e. The SMILES string of the molecule is CCOC(=O)CNC(=O)[C@@H]1COCCN1CC(=O)Nc1ccc(C)cc1. The molecule has 0 aromatic heterocycles. The highest BCUT2D eigenvalue weighted by Crippen LogP contribution is 2.11. The van der Waals surface area contributed by atoms with Crippen molar-refractivity contribution in [1.29, 1.82) is 0 Å². The molecule has 8 nitrogen and oxygen atoms in total. The number of hydrogen-bond acceptors (Lipinski definition) is 6. The summed E-state index contributed by atoms with van der Waals surface area (Å²) in [6.45, 7) is 4.86. The minimum atomic E-state index is -0.623. The Hall–Kier alpha value is -2.45. The zero-order valence-electron chi connectivity index (χ0n) is 15.1. The molecule has 0 bridgehead atoms. The molecule has 0 aliphatic carbocycles. The number of hydrogen-bond donors (Lipinski definition) is 2. The molecule has 8 heteroatoms. The number of ether oxygens (including phenoxy) is 2. The van der Waals surface area contributed by atoms with Crippen LogP contribution in [0.25, 0.3) is 0 Å². The molecular weight excluding hydrogens is 338 g/mol. The highest BCUT2D eigenvalue weighted by Gasteiger charge is 2.31. The monoisotopic (exact) mass is 363 g/mol. The second kappa shape index (κ2) is 9.88. The van der Waals surface area contributed by atoms with E-state index < -0.39 is 12.0 Å². The lowest BCUT2D eigenvalue weighted by Gasteiger charge is -2.33. The van der Waals surface area contributed by atoms with Crippen LogP contribution in [0.3, 0.4) is 0 Å². The highest BCUT2D eigenvalue weighted by molar-refractivity contribution is 5.93. The summed E-state index contributed by atoms with van der Waals surface area (Å²) in [5.41, 5.74) is 1.81. The number of benzene rings is 1. The van der Waals surface area contributed by atoms with Crippen molar-refractivity contribution in [2.45, 2.75) is 19.9 Å². The van der Waals surface area contributed by atoms with E-state index in [1.54, 1.807) is 11.8 Å². The first-order valence-corrected chi connectivity index (χ1v) is 8.61. The lowest BCUT2D eigenvalue weighted by Crippen LogP contribution is -2.56. The second-order valence-corrected chi connectivity index (χ2v) is 6.00. The predicted octanol–water partition coefficient (Wildman–Crippen LogP) is 0.314. The van der Waals surface area contributed by atoms with Gasteiger partial charge in [0.05, 0.1) is 26.4 Å². The number of morpholine rings is 1. The Labute approximate surface area is 152 Å². The first kappa shape index (κ1) is 19.9. The van der Waals surface area contributed by atoms with Crippen LogP contribution in [0, 0.1) is 6.92 Å². The van der Waals surface area contributed by atoms with Gasteiger partial charge in [-0.1, -0.05) is 17.7 Å². The number of esters is 1. The van der Waals surface area contributed by atoms with Crippen molar-refractivity contribution in [3.05, 3.63) is 29.8 Å². The summed E-state index contributed by atoms with van der Waals surface area (Å²) in [7, 11) is 0. The molecule has 1 atom stereocenters. The molecule has 26 heavy (non-hydrogen) atoms. The third-order valence-corrected chi connectivity index (χ3v) is 3.94. The zero-order chi connectivity index (χ0) is 18.9. The summed E-state index contributed by atoms with van der Waals surface area (Å²) in [5, 5.41) is 5.34. The molecule has 0 radical (unpaired) electrons. The Balaban J connectivity index is 1.88. The molecule has 1 heterocycles. The maximum atomic E-state index is 12.3. The molecule has 142 valence electrons. The Kier molecular flexibility index (Phi) is 7.55. The highest BCUT2D eigenvalue weighted by atomic mass is 16.5. The Morgan fingerprint density at radius 3 is 2.69 bits per heavy atom. The van der Waals surface area contributed by atoms with Gasteiger partial charge in [0.25, 0.3) is 0 Å². The molecule has 0 saturated carbocycles. The summed E-state index contributed by atoms with van der Waals surface area (Å²) in [6.07, 6.45) is 0. The minimum Gasteiger partial charge on any atom is -0.465 e. The quantitative estimate of drug-likeness (QED) is 0.677. The molecule has 2 amide bonds. The fourth-order valence-corrected chi connectivity index (χ4v) is 2.58. The normalized spacial score (nSPS) is 17.4. The maximum Gasteiger partial charge on any atom is 0.325 e. The van der Waals surface area contributed by atoms with Crippen LogP contribution in [0.15, 0.2) is 24.3 Å². The number of amides is 2. The van der Waals surface area contributed by atoms with Crippen LogP contribution in [-0.4, -0.2) is 68.2 Å². The summed E-state index contributed by atoms with van der Waals surface area (Å²) in [4.78, 5) is 37.7. The van der Waals surface area contributed by atoms with Gasteiger partial charge in [0.15, 0.2) is 0 Å². The Bertz CT molecular complexity index is 632. The van der Waals surface area contributed by atoms with Crippen molar-refractivity contribution in [2.75, 3.05) is 44.8 Å². The van der Waals surface area contributed by atoms with E-state index in [0.717, 1.165) is 5.56 Å². The van der Waals surface area contributed by atoms with Gasteiger partial charge in [0, 0.05) is 12.2 Å². The standard InChI is InChI=1S/C18H25N3O5/c1-3-26-17(23)10-19-18(24)15-12-25-9-8-21(15)11-16(22)20-14-6-4-13(2)5-7-14/h4-7,15H,3,8-12H2,1-2H3,(H,19,24)(H,20,22)/t15-/m0/s1. The molecule has 1 aromatic carbocycles. The summed E-state index contributed by atoms with van der Waals surface area (Å²) >= 11 is 0. The van der Waals surface area contributed by atoms with E-state index in [9.17, 15) is 14.4 Å². The zero-order valence-corrected chi connectivity index (χ0v) is 15.1. The molecule has 1 saturated heterocycles. The lowest BCUT2D eigenvalue weighted by atomic mass is 10.2. The Morgan fingerprint density at radius 2 is 2.00 bits per heavy atom.